The van der Waals surface area contributed by atoms with Crippen LogP contribution in [-0.2, 0) is 0 Å². The summed E-state index contributed by atoms with van der Waals surface area (Å²) in [5.74, 6) is -1.35. The maximum atomic E-state index is 12.1. The van der Waals surface area contributed by atoms with E-state index in [0.29, 0.717) is 5.56 Å². The highest BCUT2D eigenvalue weighted by molar-refractivity contribution is 5.96. The number of likely N-dealkylation sites (tertiary alicyclic amines) is 1. The Hall–Kier alpha value is -1.95. The van der Waals surface area contributed by atoms with Gasteiger partial charge in [0.05, 0.1) is 0 Å². The number of rotatable bonds is 4. The number of nitrogens with one attached hydrogen (secondary N) is 1. The second-order valence-electron chi connectivity index (χ2n) is 5.42. The largest absolute Gasteiger partial charge is 0.477 e. The summed E-state index contributed by atoms with van der Waals surface area (Å²) >= 11 is 0. The number of nitrogens with zero attached hydrogens (tertiary/aromatic N) is 2. The van der Waals surface area contributed by atoms with Gasteiger partial charge in [0.15, 0.2) is 0 Å². The van der Waals surface area contributed by atoms with Crippen molar-refractivity contribution in [1.29, 1.82) is 0 Å². The summed E-state index contributed by atoms with van der Waals surface area (Å²) in [6.45, 7) is 1.93. The molecule has 0 spiro atoms. The lowest BCUT2D eigenvalue weighted by Crippen LogP contribution is -2.37. The topological polar surface area (TPSA) is 82.5 Å². The summed E-state index contributed by atoms with van der Waals surface area (Å²) in [6, 6.07) is 3.72. The Morgan fingerprint density at radius 3 is 2.85 bits per heavy atom. The average molecular weight is 275 g/mol. The van der Waals surface area contributed by atoms with E-state index in [1.807, 2.05) is 0 Å². The molecule has 0 bridgehead atoms. The molecule has 0 aromatic carbocycles. The second kappa shape index (κ2) is 5.20. The van der Waals surface area contributed by atoms with Gasteiger partial charge in [0.2, 0.25) is 0 Å². The standard InChI is InChI=1S/C14H17N3O3/c18-13(9-3-5-15-12(7-9)14(19)20)16-10-4-6-17(8-10)11-1-2-11/h3,5,7,10-11H,1-2,4,6,8H2,(H,16,18)(H,19,20). The summed E-state index contributed by atoms with van der Waals surface area (Å²) in [5.41, 5.74) is 0.242. The third kappa shape index (κ3) is 2.80. The van der Waals surface area contributed by atoms with Gasteiger partial charge in [-0.3, -0.25) is 9.69 Å². The Kier molecular flexibility index (Phi) is 3.40. The fourth-order valence-corrected chi connectivity index (χ4v) is 2.63. The molecule has 2 N–H and O–H groups in total. The van der Waals surface area contributed by atoms with Gasteiger partial charge < -0.3 is 10.4 Å². The third-order valence-corrected chi connectivity index (χ3v) is 3.86. The molecule has 1 aromatic rings. The first-order valence-corrected chi connectivity index (χ1v) is 6.88. The van der Waals surface area contributed by atoms with Crippen molar-refractivity contribution in [3.8, 4) is 0 Å². The Morgan fingerprint density at radius 2 is 2.15 bits per heavy atom. The van der Waals surface area contributed by atoms with Crippen LogP contribution in [0.25, 0.3) is 0 Å². The zero-order chi connectivity index (χ0) is 14.1. The van der Waals surface area contributed by atoms with Crippen LogP contribution in [0.1, 0.15) is 40.1 Å². The maximum Gasteiger partial charge on any atom is 0.354 e. The Balaban J connectivity index is 1.61. The van der Waals surface area contributed by atoms with Crippen molar-refractivity contribution in [2.75, 3.05) is 13.1 Å². The van der Waals surface area contributed by atoms with Gasteiger partial charge in [0.1, 0.15) is 5.69 Å². The second-order valence-corrected chi connectivity index (χ2v) is 5.42. The van der Waals surface area contributed by atoms with Gasteiger partial charge in [-0.05, 0) is 31.4 Å². The van der Waals surface area contributed by atoms with Crippen molar-refractivity contribution in [1.82, 2.24) is 15.2 Å². The Morgan fingerprint density at radius 1 is 1.35 bits per heavy atom. The zero-order valence-electron chi connectivity index (χ0n) is 11.1. The number of hydrogen-bond donors (Lipinski definition) is 2. The van der Waals surface area contributed by atoms with Crippen LogP contribution in [0.2, 0.25) is 0 Å². The Bertz CT molecular complexity index is 542. The van der Waals surface area contributed by atoms with Crippen LogP contribution in [0.15, 0.2) is 18.3 Å². The monoisotopic (exact) mass is 275 g/mol. The average Bonchev–Trinajstić information content (AvgIpc) is 3.20. The van der Waals surface area contributed by atoms with Crippen molar-refractivity contribution >= 4 is 11.9 Å². The van der Waals surface area contributed by atoms with E-state index in [1.165, 1.54) is 31.2 Å². The number of carbonyl (C=O) groups excluding carboxylic acids is 1. The summed E-state index contributed by atoms with van der Waals surface area (Å²) in [6.07, 6.45) is 4.85. The first kappa shape index (κ1) is 13.1. The van der Waals surface area contributed by atoms with Crippen LogP contribution < -0.4 is 5.32 Å². The molecular weight excluding hydrogens is 258 g/mol. The molecule has 2 fully saturated rings. The lowest BCUT2D eigenvalue weighted by molar-refractivity contribution is 0.0690. The van der Waals surface area contributed by atoms with E-state index in [1.54, 1.807) is 0 Å². The SMILES string of the molecule is O=C(NC1CCN(C2CC2)C1)c1ccnc(C(=O)O)c1. The van der Waals surface area contributed by atoms with Crippen molar-refractivity contribution in [2.45, 2.75) is 31.3 Å². The van der Waals surface area contributed by atoms with Crippen molar-refractivity contribution in [2.24, 2.45) is 0 Å². The quantitative estimate of drug-likeness (QED) is 0.847. The van der Waals surface area contributed by atoms with Gasteiger partial charge in [-0.15, -0.1) is 0 Å². The third-order valence-electron chi connectivity index (χ3n) is 3.86. The lowest BCUT2D eigenvalue weighted by Gasteiger charge is -2.15. The summed E-state index contributed by atoms with van der Waals surface area (Å²) in [5, 5.41) is 11.8. The first-order chi connectivity index (χ1) is 9.63. The zero-order valence-corrected chi connectivity index (χ0v) is 11.1. The molecule has 1 aromatic heterocycles. The van der Waals surface area contributed by atoms with Crippen LogP contribution in [0.3, 0.4) is 0 Å². The van der Waals surface area contributed by atoms with Crippen LogP contribution in [0.4, 0.5) is 0 Å². The maximum absolute atomic E-state index is 12.1. The number of carbonyl (C=O) groups is 2. The number of carboxylic acids is 1. The molecule has 3 rings (SSSR count). The number of aromatic nitrogens is 1. The highest BCUT2D eigenvalue weighted by Gasteiger charge is 2.34. The van der Waals surface area contributed by atoms with Crippen molar-refractivity contribution in [3.05, 3.63) is 29.6 Å². The molecule has 106 valence electrons. The predicted molar refractivity (Wildman–Crippen MR) is 71.7 cm³/mol. The molecule has 0 radical (unpaired) electrons. The molecular formula is C14H17N3O3. The molecule has 6 nitrogen and oxygen atoms in total. The number of aromatic carboxylic acids is 1. The summed E-state index contributed by atoms with van der Waals surface area (Å²) in [4.78, 5) is 29.1. The summed E-state index contributed by atoms with van der Waals surface area (Å²) < 4.78 is 0. The number of pyridine rings is 1. The lowest BCUT2D eigenvalue weighted by atomic mass is 10.2. The van der Waals surface area contributed by atoms with E-state index < -0.39 is 5.97 Å². The molecule has 1 aliphatic carbocycles. The van der Waals surface area contributed by atoms with E-state index in [-0.39, 0.29) is 17.6 Å². The fraction of sp³-hybridized carbons (Fsp3) is 0.500. The predicted octanol–water partition coefficient (Wildman–Crippen LogP) is 0.746. The van der Waals surface area contributed by atoms with E-state index in [2.05, 4.69) is 15.2 Å². The van der Waals surface area contributed by atoms with Gasteiger partial charge in [-0.2, -0.15) is 0 Å². The van der Waals surface area contributed by atoms with Crippen molar-refractivity contribution < 1.29 is 14.7 Å². The van der Waals surface area contributed by atoms with E-state index in [0.717, 1.165) is 25.6 Å². The van der Waals surface area contributed by atoms with Gasteiger partial charge in [0.25, 0.3) is 5.91 Å². The normalized spacial score (nSPS) is 22.7. The van der Waals surface area contributed by atoms with Gasteiger partial charge in [-0.1, -0.05) is 0 Å². The molecule has 20 heavy (non-hydrogen) atoms. The minimum absolute atomic E-state index is 0.108. The van der Waals surface area contributed by atoms with Crippen LogP contribution in [-0.4, -0.2) is 52.0 Å². The smallest absolute Gasteiger partial charge is 0.354 e. The van der Waals surface area contributed by atoms with Crippen molar-refractivity contribution in [3.63, 3.8) is 0 Å². The van der Waals surface area contributed by atoms with Gasteiger partial charge >= 0.3 is 5.97 Å². The minimum atomic E-state index is -1.12. The number of amides is 1. The molecule has 1 amide bonds. The summed E-state index contributed by atoms with van der Waals surface area (Å²) in [7, 11) is 0. The number of carboxylic acid groups (broad SMARTS) is 1. The molecule has 1 unspecified atom stereocenters. The molecule has 1 aliphatic heterocycles. The van der Waals surface area contributed by atoms with Gasteiger partial charge in [-0.25, -0.2) is 9.78 Å². The van der Waals surface area contributed by atoms with Crippen LogP contribution in [0, 0.1) is 0 Å². The molecule has 1 saturated carbocycles. The minimum Gasteiger partial charge on any atom is -0.477 e. The molecule has 2 aliphatic rings. The van der Waals surface area contributed by atoms with E-state index in [9.17, 15) is 9.59 Å². The van der Waals surface area contributed by atoms with E-state index >= 15 is 0 Å². The van der Waals surface area contributed by atoms with Gasteiger partial charge in [0, 0.05) is 36.9 Å². The van der Waals surface area contributed by atoms with E-state index in [4.69, 9.17) is 5.11 Å². The van der Waals surface area contributed by atoms with Crippen LogP contribution >= 0.6 is 0 Å². The molecule has 2 heterocycles. The molecule has 6 heteroatoms. The van der Waals surface area contributed by atoms with Crippen LogP contribution in [0.5, 0.6) is 0 Å². The highest BCUT2D eigenvalue weighted by atomic mass is 16.4. The number of hydrogen-bond acceptors (Lipinski definition) is 4. The molecule has 1 atom stereocenters. The molecule has 1 saturated heterocycles. The first-order valence-electron chi connectivity index (χ1n) is 6.88. The fourth-order valence-electron chi connectivity index (χ4n) is 2.63. The Labute approximate surface area is 116 Å². The highest BCUT2D eigenvalue weighted by Crippen LogP contribution is 2.29.